The number of aryl methyl sites for hydroxylation is 2. The van der Waals surface area contributed by atoms with Gasteiger partial charge in [-0.1, -0.05) is 103 Å². The van der Waals surface area contributed by atoms with Gasteiger partial charge in [-0.15, -0.1) is 0 Å². The van der Waals surface area contributed by atoms with E-state index < -0.39 is 0 Å². The Morgan fingerprint density at radius 1 is 0.531 bits per heavy atom. The number of aromatic nitrogens is 2. The van der Waals surface area contributed by atoms with E-state index in [0.717, 1.165) is 72.2 Å². The Morgan fingerprint density at radius 3 is 1.38 bits per heavy atom. The Bertz CT molecular complexity index is 2960. The second-order valence-electron chi connectivity index (χ2n) is 13.2. The highest BCUT2D eigenvalue weighted by Gasteiger charge is 2.14. The summed E-state index contributed by atoms with van der Waals surface area (Å²) in [5, 5.41) is 31.6. The normalized spacial score (nSPS) is 9.50. The second-order valence-corrected chi connectivity index (χ2v) is 13.5. The number of benzene rings is 6. The van der Waals surface area contributed by atoms with Crippen molar-refractivity contribution in [2.45, 2.75) is 13.8 Å². The van der Waals surface area contributed by atoms with Crippen molar-refractivity contribution in [2.75, 3.05) is 14.2 Å². The third-order valence-corrected chi connectivity index (χ3v) is 9.55. The summed E-state index contributed by atoms with van der Waals surface area (Å²) < 4.78 is 15.3. The van der Waals surface area contributed by atoms with E-state index in [0.29, 0.717) is 30.3 Å². The van der Waals surface area contributed by atoms with Gasteiger partial charge in [0.2, 0.25) is 0 Å². The van der Waals surface area contributed by atoms with Gasteiger partial charge in [0.15, 0.2) is 0 Å². The molecule has 8 aromatic rings. The van der Waals surface area contributed by atoms with E-state index in [4.69, 9.17) is 60.2 Å². The van der Waals surface area contributed by atoms with Gasteiger partial charge in [0.05, 0.1) is 42.4 Å². The van der Waals surface area contributed by atoms with Crippen LogP contribution in [0, 0.1) is 36.5 Å². The van der Waals surface area contributed by atoms with Gasteiger partial charge in [-0.3, -0.25) is 0 Å². The number of carbonyl (C=O) groups excluding carboxylic acids is 4. The standard InChI is InChI=1S/C24H18N2O.C13H9ClN2.C11H10BO3.2CO2/c1-16-12-23(17-6-4-3-5-7-17)26-24(22(16)15-25)20-9-8-19-14-21(27-2)11-10-18(19)13-20;1-9-7-12(10-5-3-2-4-6-10)16-13(14)11(9)8-15;1-14-10-4-2-9-7-11(15-12-13)5-3-8(9)6-10;2*2-1-3/h3-14H,1-2H3;2-7H,1H3;2-7,13H,1H3;;. The molecule has 1 radical (unpaired) electrons. The number of fused-ring (bicyclic) bond motifs is 2. The van der Waals surface area contributed by atoms with E-state index in [1.54, 1.807) is 20.3 Å². The highest BCUT2D eigenvalue weighted by atomic mass is 35.5. The zero-order valence-corrected chi connectivity index (χ0v) is 35.7. The number of hydrogen-bond acceptors (Lipinski definition) is 12. The Kier molecular flexibility index (Phi) is 18.7. The van der Waals surface area contributed by atoms with Gasteiger partial charge in [-0.05, 0) is 101 Å². The van der Waals surface area contributed by atoms with Gasteiger partial charge in [-0.2, -0.15) is 29.7 Å². The van der Waals surface area contributed by atoms with Gasteiger partial charge in [0.25, 0.3) is 0 Å². The van der Waals surface area contributed by atoms with Crippen LogP contribution in [0.3, 0.4) is 0 Å². The molecule has 0 aliphatic carbocycles. The quantitative estimate of drug-likeness (QED) is 0.118. The maximum absolute atomic E-state index is 9.70. The predicted octanol–water partition coefficient (Wildman–Crippen LogP) is 9.93. The van der Waals surface area contributed by atoms with Gasteiger partial charge in [0, 0.05) is 16.7 Å². The molecule has 0 aliphatic rings. The minimum absolute atomic E-state index is 0.250. The molecule has 14 heteroatoms. The van der Waals surface area contributed by atoms with Crippen LogP contribution in [0.1, 0.15) is 22.3 Å². The number of halogens is 1. The lowest BCUT2D eigenvalue weighted by atomic mass is 9.98. The SMILES string of the molecule is COc1ccc2cc(-c3nc(-c4ccccc4)cc(C)c3C#N)ccc2c1.COc1ccc2cc(O[B]O)ccc2c1.Cc1cc(-c2ccccc2)nc(Cl)c1C#N.O=C=O.O=C=O. The number of hydrogen-bond donors (Lipinski definition) is 1. The fourth-order valence-electron chi connectivity index (χ4n) is 6.27. The van der Waals surface area contributed by atoms with Crippen molar-refractivity contribution in [3.8, 4) is 63.2 Å². The molecule has 12 nitrogen and oxygen atoms in total. The lowest BCUT2D eigenvalue weighted by Crippen LogP contribution is -1.99. The number of nitrogens with zero attached hydrogens (tertiary/aromatic N) is 4. The number of nitriles is 2. The van der Waals surface area contributed by atoms with Crippen LogP contribution in [0.15, 0.2) is 146 Å². The van der Waals surface area contributed by atoms with Gasteiger partial charge in [-0.25, -0.2) is 9.97 Å². The molecule has 8 rings (SSSR count). The highest BCUT2D eigenvalue weighted by molar-refractivity contribution is 6.30. The van der Waals surface area contributed by atoms with Crippen LogP contribution in [0.4, 0.5) is 0 Å². The topological polar surface area (TPSA) is 190 Å². The first-order chi connectivity index (χ1) is 31.1. The fourth-order valence-corrected chi connectivity index (χ4v) is 6.55. The lowest BCUT2D eigenvalue weighted by molar-refractivity contribution is -0.193. The van der Waals surface area contributed by atoms with E-state index in [-0.39, 0.29) is 17.5 Å². The molecular formula is C50H37BClN4O8. The molecule has 0 aliphatic heterocycles. The first-order valence-corrected chi connectivity index (χ1v) is 19.3. The fraction of sp³-hybridized carbons (Fsp3) is 0.0800. The number of rotatable bonds is 7. The van der Waals surface area contributed by atoms with Crippen LogP contribution in [0.5, 0.6) is 17.2 Å². The van der Waals surface area contributed by atoms with Gasteiger partial charge in [0.1, 0.15) is 34.5 Å². The molecule has 6 aromatic carbocycles. The summed E-state index contributed by atoms with van der Waals surface area (Å²) in [4.78, 5) is 41.6. The maximum atomic E-state index is 9.70. The monoisotopic (exact) mass is 867 g/mol. The Labute approximate surface area is 374 Å². The molecule has 0 fully saturated rings. The van der Waals surface area contributed by atoms with Crippen molar-refractivity contribution in [1.82, 2.24) is 9.97 Å². The maximum Gasteiger partial charge on any atom is 0.569 e. The van der Waals surface area contributed by atoms with Crippen molar-refractivity contribution in [2.24, 2.45) is 0 Å². The van der Waals surface area contributed by atoms with Crippen molar-refractivity contribution >= 4 is 53.1 Å². The molecule has 0 saturated carbocycles. The average molecular weight is 868 g/mol. The molecule has 2 heterocycles. The average Bonchev–Trinajstić information content (AvgIpc) is 3.32. The zero-order valence-electron chi connectivity index (χ0n) is 34.9. The summed E-state index contributed by atoms with van der Waals surface area (Å²) in [7, 11) is 3.97. The molecule has 0 amide bonds. The smallest absolute Gasteiger partial charge is 0.537 e. The molecule has 0 atom stereocenters. The van der Waals surface area contributed by atoms with E-state index in [1.807, 2.05) is 153 Å². The molecule has 0 bridgehead atoms. The third kappa shape index (κ3) is 13.0. The molecule has 64 heavy (non-hydrogen) atoms. The van der Waals surface area contributed by atoms with Crippen LogP contribution in [-0.2, 0) is 19.2 Å². The predicted molar refractivity (Wildman–Crippen MR) is 242 cm³/mol. The van der Waals surface area contributed by atoms with Crippen LogP contribution in [0.2, 0.25) is 5.15 Å². The lowest BCUT2D eigenvalue weighted by Gasteiger charge is -2.11. The first-order valence-electron chi connectivity index (χ1n) is 18.9. The van der Waals surface area contributed by atoms with Crippen molar-refractivity contribution < 1.29 is 38.3 Å². The van der Waals surface area contributed by atoms with Crippen molar-refractivity contribution in [3.05, 3.63) is 173 Å². The Hall–Kier alpha value is -8.41. The molecule has 2 aromatic heterocycles. The summed E-state index contributed by atoms with van der Waals surface area (Å²) in [5.74, 6) is 2.26. The molecule has 1 N–H and O–H groups in total. The molecule has 0 spiro atoms. The molecular weight excluding hydrogens is 831 g/mol. The van der Waals surface area contributed by atoms with Crippen LogP contribution in [-0.4, -0.2) is 49.2 Å². The van der Waals surface area contributed by atoms with E-state index in [1.165, 1.54) is 0 Å². The zero-order chi connectivity index (χ0) is 46.4. The van der Waals surface area contributed by atoms with E-state index >= 15 is 0 Å². The molecule has 0 unspecified atom stereocenters. The first kappa shape index (κ1) is 48.3. The van der Waals surface area contributed by atoms with E-state index in [2.05, 4.69) is 17.1 Å². The summed E-state index contributed by atoms with van der Waals surface area (Å²) in [5.41, 5.74) is 8.19. The summed E-state index contributed by atoms with van der Waals surface area (Å²) >= 11 is 5.95. The van der Waals surface area contributed by atoms with Crippen LogP contribution >= 0.6 is 11.6 Å². The summed E-state index contributed by atoms with van der Waals surface area (Å²) in [6, 6.07) is 51.4. The van der Waals surface area contributed by atoms with Crippen LogP contribution in [0.25, 0.3) is 55.3 Å². The summed E-state index contributed by atoms with van der Waals surface area (Å²) in [6.45, 7) is 3.82. The Balaban J connectivity index is 0.000000209. The minimum Gasteiger partial charge on any atom is -0.537 e. The highest BCUT2D eigenvalue weighted by Crippen LogP contribution is 2.32. The van der Waals surface area contributed by atoms with Crippen LogP contribution < -0.4 is 14.1 Å². The van der Waals surface area contributed by atoms with E-state index in [9.17, 15) is 5.26 Å². The van der Waals surface area contributed by atoms with Crippen molar-refractivity contribution in [1.29, 1.82) is 10.5 Å². The largest absolute Gasteiger partial charge is 0.569 e. The Morgan fingerprint density at radius 2 is 0.938 bits per heavy atom. The number of pyridine rings is 2. The summed E-state index contributed by atoms with van der Waals surface area (Å²) in [6.07, 6.45) is 0.500. The van der Waals surface area contributed by atoms with Gasteiger partial charge < -0.3 is 19.2 Å². The second kappa shape index (κ2) is 24.8. The number of ether oxygens (including phenoxy) is 2. The molecule has 0 saturated heterocycles. The third-order valence-electron chi connectivity index (χ3n) is 9.28. The van der Waals surface area contributed by atoms with Gasteiger partial charge >= 0.3 is 20.0 Å². The minimum atomic E-state index is 0.250. The number of methoxy groups -OCH3 is 2. The molecule has 315 valence electrons. The van der Waals surface area contributed by atoms with Crippen molar-refractivity contribution in [3.63, 3.8) is 0 Å².